The van der Waals surface area contributed by atoms with Crippen LogP contribution in [0.25, 0.3) is 0 Å². The van der Waals surface area contributed by atoms with Crippen LogP contribution < -0.4 is 4.72 Å². The van der Waals surface area contributed by atoms with E-state index in [1.165, 1.54) is 0 Å². The first kappa shape index (κ1) is 12.6. The summed E-state index contributed by atoms with van der Waals surface area (Å²) in [4.78, 5) is 0. The van der Waals surface area contributed by atoms with Gasteiger partial charge in [-0.2, -0.15) is 11.8 Å². The van der Waals surface area contributed by atoms with Crippen molar-refractivity contribution in [3.05, 3.63) is 0 Å². The molecule has 1 atom stereocenters. The van der Waals surface area contributed by atoms with E-state index in [2.05, 4.69) is 4.72 Å². The summed E-state index contributed by atoms with van der Waals surface area (Å²) in [7, 11) is -3.25. The molecule has 0 aromatic rings. The lowest BCUT2D eigenvalue weighted by molar-refractivity contribution is 0.562. The maximum atomic E-state index is 11.0. The van der Waals surface area contributed by atoms with Crippen molar-refractivity contribution in [1.29, 1.82) is 0 Å². The molecular weight excluding hydrogens is 218 g/mol. The van der Waals surface area contributed by atoms with Crippen molar-refractivity contribution in [1.82, 2.24) is 4.72 Å². The van der Waals surface area contributed by atoms with Gasteiger partial charge in [0.25, 0.3) is 0 Å². The van der Waals surface area contributed by atoms with Crippen molar-refractivity contribution in [2.75, 3.05) is 17.2 Å². The molecule has 12 heavy (non-hydrogen) atoms. The Labute approximate surface area is 83.3 Å². The molecule has 0 amide bonds. The molecule has 0 rings (SSSR count). The van der Waals surface area contributed by atoms with Gasteiger partial charge in [0.1, 0.15) is 5.21 Å². The average molecular weight is 232 g/mol. The maximum absolute atomic E-state index is 11.0. The molecule has 6 heteroatoms. The second-order valence-electron chi connectivity index (χ2n) is 2.40. The van der Waals surface area contributed by atoms with Crippen LogP contribution in [-0.2, 0) is 10.0 Å². The van der Waals surface area contributed by atoms with Crippen LogP contribution in [0, 0.1) is 0 Å². The Morgan fingerprint density at radius 2 is 2.17 bits per heavy atom. The highest BCUT2D eigenvalue weighted by atomic mass is 35.5. The largest absolute Gasteiger partial charge is 0.225 e. The Bertz CT molecular complexity index is 206. The summed E-state index contributed by atoms with van der Waals surface area (Å²) in [5.74, 6) is 0.784. The predicted octanol–water partition coefficient (Wildman–Crippen LogP) is 1.24. The smallest absolute Gasteiger partial charge is 0.211 e. The molecule has 0 bridgehead atoms. The van der Waals surface area contributed by atoms with E-state index in [4.69, 9.17) is 11.6 Å². The summed E-state index contributed by atoms with van der Waals surface area (Å²) < 4.78 is 24.5. The van der Waals surface area contributed by atoms with Crippen LogP contribution in [0.3, 0.4) is 0 Å². The molecule has 0 saturated heterocycles. The molecule has 0 fully saturated rings. The number of hydrogen-bond donors (Lipinski definition) is 1. The van der Waals surface area contributed by atoms with E-state index in [9.17, 15) is 8.42 Å². The van der Waals surface area contributed by atoms with Gasteiger partial charge in [-0.1, -0.05) is 6.92 Å². The second-order valence-corrected chi connectivity index (χ2v) is 5.65. The Morgan fingerprint density at radius 1 is 1.58 bits per heavy atom. The number of thioether (sulfide) groups is 1. The first-order valence-electron chi connectivity index (χ1n) is 3.60. The summed E-state index contributed by atoms with van der Waals surface area (Å²) in [6.07, 6.45) is 2.73. The highest BCUT2D eigenvalue weighted by molar-refractivity contribution is 7.98. The highest BCUT2D eigenvalue weighted by Crippen LogP contribution is 2.03. The molecule has 0 aromatic heterocycles. The third-order valence-electron chi connectivity index (χ3n) is 1.35. The van der Waals surface area contributed by atoms with Crippen molar-refractivity contribution in [3.63, 3.8) is 0 Å². The topological polar surface area (TPSA) is 46.2 Å². The standard InChI is InChI=1S/C6H14ClNO2S2/c1-3-6(4-11-2)8-12(9,10)5-7/h6,8H,3-5H2,1-2H3. The SMILES string of the molecule is CCC(CSC)NS(=O)(=O)CCl. The summed E-state index contributed by atoms with van der Waals surface area (Å²) in [6, 6.07) is 0.00347. The molecule has 0 saturated carbocycles. The van der Waals surface area contributed by atoms with Gasteiger partial charge >= 0.3 is 0 Å². The van der Waals surface area contributed by atoms with Crippen LogP contribution in [0.1, 0.15) is 13.3 Å². The van der Waals surface area contributed by atoms with Crippen LogP contribution >= 0.6 is 23.4 Å². The van der Waals surface area contributed by atoms with Gasteiger partial charge in [-0.25, -0.2) is 13.1 Å². The van der Waals surface area contributed by atoms with E-state index in [0.717, 1.165) is 12.2 Å². The minimum atomic E-state index is -3.25. The molecule has 0 aliphatic rings. The summed E-state index contributed by atoms with van der Waals surface area (Å²) in [5.41, 5.74) is 0. The monoisotopic (exact) mass is 231 g/mol. The van der Waals surface area contributed by atoms with Gasteiger partial charge in [-0.15, -0.1) is 11.6 Å². The van der Waals surface area contributed by atoms with E-state index >= 15 is 0 Å². The Morgan fingerprint density at radius 3 is 2.50 bits per heavy atom. The zero-order valence-corrected chi connectivity index (χ0v) is 9.60. The maximum Gasteiger partial charge on any atom is 0.225 e. The first-order chi connectivity index (χ1) is 5.55. The summed E-state index contributed by atoms with van der Waals surface area (Å²) in [6.45, 7) is 1.94. The molecule has 0 aliphatic carbocycles. The van der Waals surface area contributed by atoms with Crippen LogP contribution in [-0.4, -0.2) is 31.7 Å². The number of hydrogen-bond acceptors (Lipinski definition) is 3. The number of nitrogens with one attached hydrogen (secondary N) is 1. The normalized spacial score (nSPS) is 14.6. The van der Waals surface area contributed by atoms with Gasteiger partial charge in [0.15, 0.2) is 0 Å². The Kier molecular flexibility index (Phi) is 6.35. The number of sulfonamides is 1. The lowest BCUT2D eigenvalue weighted by Crippen LogP contribution is -2.36. The zero-order chi connectivity index (χ0) is 9.61. The molecule has 1 N–H and O–H groups in total. The third kappa shape index (κ3) is 5.24. The molecule has 0 spiro atoms. The van der Waals surface area contributed by atoms with Crippen LogP contribution in [0.4, 0.5) is 0 Å². The van der Waals surface area contributed by atoms with E-state index in [-0.39, 0.29) is 11.3 Å². The molecule has 0 aliphatic heterocycles. The molecule has 3 nitrogen and oxygen atoms in total. The molecular formula is C6H14ClNO2S2. The van der Waals surface area contributed by atoms with Crippen molar-refractivity contribution in [3.8, 4) is 0 Å². The lowest BCUT2D eigenvalue weighted by atomic mass is 10.3. The van der Waals surface area contributed by atoms with E-state index in [0.29, 0.717) is 0 Å². The van der Waals surface area contributed by atoms with E-state index in [1.54, 1.807) is 11.8 Å². The van der Waals surface area contributed by atoms with Gasteiger partial charge in [-0.3, -0.25) is 0 Å². The van der Waals surface area contributed by atoms with Gasteiger partial charge in [0.05, 0.1) is 0 Å². The van der Waals surface area contributed by atoms with E-state index in [1.807, 2.05) is 13.2 Å². The Balaban J connectivity index is 4.02. The van der Waals surface area contributed by atoms with Crippen LogP contribution in [0.2, 0.25) is 0 Å². The van der Waals surface area contributed by atoms with Gasteiger partial charge in [0.2, 0.25) is 10.0 Å². The molecule has 0 heterocycles. The number of halogens is 1. The van der Waals surface area contributed by atoms with Crippen LogP contribution in [0.15, 0.2) is 0 Å². The van der Waals surface area contributed by atoms with Crippen LogP contribution in [0.5, 0.6) is 0 Å². The predicted molar refractivity (Wildman–Crippen MR) is 55.2 cm³/mol. The van der Waals surface area contributed by atoms with Crippen molar-refractivity contribution < 1.29 is 8.42 Å². The van der Waals surface area contributed by atoms with E-state index < -0.39 is 10.0 Å². The van der Waals surface area contributed by atoms with Gasteiger partial charge in [0, 0.05) is 11.8 Å². The first-order valence-corrected chi connectivity index (χ1v) is 7.18. The Hall–Kier alpha value is 0.550. The fourth-order valence-electron chi connectivity index (χ4n) is 0.722. The van der Waals surface area contributed by atoms with Crippen molar-refractivity contribution >= 4 is 33.4 Å². The average Bonchev–Trinajstić information content (AvgIpc) is 2.03. The summed E-state index contributed by atoms with van der Waals surface area (Å²) >= 11 is 6.85. The third-order valence-corrected chi connectivity index (χ3v) is 3.93. The second kappa shape index (κ2) is 6.07. The zero-order valence-electron chi connectivity index (χ0n) is 7.21. The quantitative estimate of drug-likeness (QED) is 0.700. The fraction of sp³-hybridized carbons (Fsp3) is 1.00. The molecule has 1 unspecified atom stereocenters. The summed E-state index contributed by atoms with van der Waals surface area (Å²) in [5, 5.41) is -0.363. The minimum absolute atomic E-state index is 0.00347. The fourth-order valence-corrected chi connectivity index (χ4v) is 2.56. The molecule has 0 radical (unpaired) electrons. The number of rotatable bonds is 6. The van der Waals surface area contributed by atoms with Gasteiger partial charge < -0.3 is 0 Å². The minimum Gasteiger partial charge on any atom is -0.211 e. The molecule has 74 valence electrons. The number of alkyl halides is 1. The van der Waals surface area contributed by atoms with Gasteiger partial charge in [-0.05, 0) is 12.7 Å². The molecule has 0 aromatic carbocycles. The van der Waals surface area contributed by atoms with Crippen molar-refractivity contribution in [2.24, 2.45) is 0 Å². The highest BCUT2D eigenvalue weighted by Gasteiger charge is 2.14. The van der Waals surface area contributed by atoms with Crippen molar-refractivity contribution in [2.45, 2.75) is 19.4 Å². The lowest BCUT2D eigenvalue weighted by Gasteiger charge is -2.14.